The van der Waals surface area contributed by atoms with Gasteiger partial charge in [-0.05, 0) is 0 Å². The Morgan fingerprint density at radius 1 is 1.69 bits per heavy atom. The van der Waals surface area contributed by atoms with Gasteiger partial charge in [-0.15, -0.1) is 19.2 Å². The maximum Gasteiger partial charge on any atom is 0.332 e. The van der Waals surface area contributed by atoms with Crippen molar-refractivity contribution in [2.75, 3.05) is 6.61 Å². The van der Waals surface area contributed by atoms with Gasteiger partial charge in [-0.25, -0.2) is 4.79 Å². The fourth-order valence-electron chi connectivity index (χ4n) is 0.578. The van der Waals surface area contributed by atoms with Gasteiger partial charge in [0.05, 0.1) is 0 Å². The van der Waals surface area contributed by atoms with Gasteiger partial charge < -0.3 is 10.1 Å². The molecule has 5 heteroatoms. The zero-order valence-electron chi connectivity index (χ0n) is 7.03. The molecule has 72 valence electrons. The highest BCUT2D eigenvalue weighted by molar-refractivity contribution is 8.11. The molecule has 0 radical (unpaired) electrons. The minimum absolute atomic E-state index is 0.171. The molecule has 0 saturated heterocycles. The van der Waals surface area contributed by atoms with E-state index in [0.29, 0.717) is 0 Å². The number of ether oxygens (including phenoxy) is 1. The summed E-state index contributed by atoms with van der Waals surface area (Å²) in [4.78, 5) is 11.2. The summed E-state index contributed by atoms with van der Waals surface area (Å²) in [6, 6.07) is -0.648. The van der Waals surface area contributed by atoms with Gasteiger partial charge in [0, 0.05) is 0 Å². The molecule has 0 saturated carbocycles. The van der Waals surface area contributed by atoms with Crippen LogP contribution >= 0.6 is 24.8 Å². The molecule has 0 aromatic carbocycles. The van der Waals surface area contributed by atoms with Gasteiger partial charge in [0.1, 0.15) is 17.0 Å². The number of nitrogens with one attached hydrogen (secondary N) is 1. The van der Waals surface area contributed by atoms with Gasteiger partial charge in [-0.1, -0.05) is 30.9 Å². The molecule has 0 aliphatic rings. The summed E-state index contributed by atoms with van der Waals surface area (Å²) in [5.74, 6) is -0.452. The quantitative estimate of drug-likeness (QED) is 0.313. The summed E-state index contributed by atoms with van der Waals surface area (Å²) in [6.45, 7) is 7.05. The van der Waals surface area contributed by atoms with Crippen molar-refractivity contribution in [2.24, 2.45) is 0 Å². The first kappa shape index (κ1) is 12.2. The molecule has 0 rings (SSSR count). The maximum atomic E-state index is 11.2. The molecule has 0 aromatic heterocycles. The van der Waals surface area contributed by atoms with Gasteiger partial charge in [-0.2, -0.15) is 0 Å². The number of carbonyl (C=O) groups excluding carboxylic acids is 1. The summed E-state index contributed by atoms with van der Waals surface area (Å²) < 4.78 is 4.98. The van der Waals surface area contributed by atoms with Crippen LogP contribution in [0.5, 0.6) is 0 Å². The molecule has 0 amide bonds. The van der Waals surface area contributed by atoms with E-state index < -0.39 is 12.0 Å². The Morgan fingerprint density at radius 3 is 2.69 bits per heavy atom. The van der Waals surface area contributed by atoms with E-state index >= 15 is 0 Å². The zero-order chi connectivity index (χ0) is 10.3. The van der Waals surface area contributed by atoms with E-state index in [2.05, 4.69) is 43.3 Å². The molecule has 0 aliphatic heterocycles. The van der Waals surface area contributed by atoms with Gasteiger partial charge in [0.2, 0.25) is 0 Å². The van der Waals surface area contributed by atoms with Crippen molar-refractivity contribution >= 4 is 35.1 Å². The second-order valence-electron chi connectivity index (χ2n) is 2.08. The average Bonchev–Trinajstić information content (AvgIpc) is 2.09. The van der Waals surface area contributed by atoms with Crippen LogP contribution in [0.2, 0.25) is 0 Å². The van der Waals surface area contributed by atoms with Gasteiger partial charge >= 0.3 is 5.97 Å². The summed E-state index contributed by atoms with van der Waals surface area (Å²) in [7, 11) is 0. The van der Waals surface area contributed by atoms with Crippen LogP contribution in [0.25, 0.3) is 0 Å². The number of thiocarbonyl (C=S) groups is 1. The Balaban J connectivity index is 4.06. The number of thiol groups is 1. The minimum Gasteiger partial charge on any atom is -0.460 e. The maximum absolute atomic E-state index is 11.2. The fourth-order valence-corrected chi connectivity index (χ4v) is 0.844. The topological polar surface area (TPSA) is 38.3 Å². The summed E-state index contributed by atoms with van der Waals surface area (Å²) in [6.07, 6.45) is 2.88. The molecule has 3 nitrogen and oxygen atoms in total. The number of rotatable bonds is 5. The number of hydrogen-bond donors (Lipinski definition) is 2. The Labute approximate surface area is 88.3 Å². The predicted molar refractivity (Wildman–Crippen MR) is 59.9 cm³/mol. The first-order chi connectivity index (χ1) is 6.11. The van der Waals surface area contributed by atoms with Crippen LogP contribution in [0.15, 0.2) is 25.3 Å². The highest BCUT2D eigenvalue weighted by Gasteiger charge is 2.15. The third kappa shape index (κ3) is 5.43. The first-order valence-corrected chi connectivity index (χ1v) is 4.37. The molecule has 0 spiro atoms. The van der Waals surface area contributed by atoms with Crippen LogP contribution in [-0.2, 0) is 9.53 Å². The molecule has 0 aromatic rings. The fraction of sp³-hybridized carbons (Fsp3) is 0.250. The van der Waals surface area contributed by atoms with E-state index in [1.165, 1.54) is 12.2 Å². The van der Waals surface area contributed by atoms with E-state index in [9.17, 15) is 4.79 Å². The number of carbonyl (C=O) groups is 1. The Bertz CT molecular complexity index is 228. The van der Waals surface area contributed by atoms with E-state index in [4.69, 9.17) is 4.74 Å². The molecule has 0 heterocycles. The lowest BCUT2D eigenvalue weighted by Gasteiger charge is -2.12. The van der Waals surface area contributed by atoms with Crippen LogP contribution in [0.1, 0.15) is 0 Å². The Morgan fingerprint density at radius 2 is 2.31 bits per heavy atom. The molecule has 1 N–H and O–H groups in total. The average molecular weight is 217 g/mol. The van der Waals surface area contributed by atoms with Crippen LogP contribution in [-0.4, -0.2) is 22.9 Å². The third-order valence-corrected chi connectivity index (χ3v) is 1.36. The van der Waals surface area contributed by atoms with E-state index in [1.807, 2.05) is 0 Å². The Kier molecular flexibility index (Phi) is 6.26. The minimum atomic E-state index is -0.648. The lowest BCUT2D eigenvalue weighted by molar-refractivity contribution is -0.143. The predicted octanol–water partition coefficient (Wildman–Crippen LogP) is 1.07. The van der Waals surface area contributed by atoms with Crippen LogP contribution in [0.4, 0.5) is 0 Å². The third-order valence-electron chi connectivity index (χ3n) is 1.11. The van der Waals surface area contributed by atoms with Crippen molar-refractivity contribution in [2.45, 2.75) is 6.04 Å². The molecule has 0 aliphatic carbocycles. The van der Waals surface area contributed by atoms with Crippen LogP contribution in [0, 0.1) is 0 Å². The highest BCUT2D eigenvalue weighted by Crippen LogP contribution is 1.93. The zero-order valence-corrected chi connectivity index (χ0v) is 8.74. The molecular weight excluding hydrogens is 206 g/mol. The number of hydrogen-bond acceptors (Lipinski definition) is 3. The van der Waals surface area contributed by atoms with Gasteiger partial charge in [0.15, 0.2) is 0 Å². The molecule has 0 unspecified atom stereocenters. The molecule has 0 bridgehead atoms. The standard InChI is InChI=1S/C8H11NO2S2/c1-3-5-11-7(10)6(4-2)9-8(12)13/h3-4,6H,1-2,5H2,(H2,9,12,13)/t6-/m0/s1. The van der Waals surface area contributed by atoms with Gasteiger partial charge in [0.25, 0.3) is 0 Å². The smallest absolute Gasteiger partial charge is 0.332 e. The lowest BCUT2D eigenvalue weighted by Crippen LogP contribution is -2.37. The largest absolute Gasteiger partial charge is 0.460 e. The van der Waals surface area contributed by atoms with E-state index in [1.54, 1.807) is 0 Å². The normalized spacial score (nSPS) is 11.2. The SMILES string of the molecule is C=CCOC(=O)[C@H](C=C)NC(=S)S. The van der Waals surface area contributed by atoms with Crippen molar-refractivity contribution in [1.29, 1.82) is 0 Å². The monoisotopic (exact) mass is 217 g/mol. The van der Waals surface area contributed by atoms with Gasteiger partial charge in [-0.3, -0.25) is 0 Å². The molecule has 0 fully saturated rings. The van der Waals surface area contributed by atoms with Crippen molar-refractivity contribution in [3.63, 3.8) is 0 Å². The molecule has 1 atom stereocenters. The Hall–Kier alpha value is -0.810. The van der Waals surface area contributed by atoms with Crippen molar-refractivity contribution < 1.29 is 9.53 Å². The molecular formula is C8H11NO2S2. The second kappa shape index (κ2) is 6.68. The molecule has 13 heavy (non-hydrogen) atoms. The first-order valence-electron chi connectivity index (χ1n) is 3.51. The van der Waals surface area contributed by atoms with E-state index in [0.717, 1.165) is 0 Å². The van der Waals surface area contributed by atoms with Crippen molar-refractivity contribution in [1.82, 2.24) is 5.32 Å². The van der Waals surface area contributed by atoms with E-state index in [-0.39, 0.29) is 10.9 Å². The van der Waals surface area contributed by atoms with Crippen LogP contribution in [0.3, 0.4) is 0 Å². The van der Waals surface area contributed by atoms with Crippen molar-refractivity contribution in [3.8, 4) is 0 Å². The lowest BCUT2D eigenvalue weighted by atomic mass is 10.3. The summed E-state index contributed by atoms with van der Waals surface area (Å²) in [5.41, 5.74) is 0. The summed E-state index contributed by atoms with van der Waals surface area (Å²) >= 11 is 8.47. The number of esters is 1. The van der Waals surface area contributed by atoms with Crippen LogP contribution < -0.4 is 5.32 Å². The summed E-state index contributed by atoms with van der Waals surface area (Å²) in [5, 5.41) is 2.61. The second-order valence-corrected chi connectivity index (χ2v) is 3.24. The highest BCUT2D eigenvalue weighted by atomic mass is 32.1. The van der Waals surface area contributed by atoms with Crippen molar-refractivity contribution in [3.05, 3.63) is 25.3 Å².